The van der Waals surface area contributed by atoms with E-state index in [1.165, 1.54) is 77.0 Å². The maximum absolute atomic E-state index is 14.2. The van der Waals surface area contributed by atoms with Crippen molar-refractivity contribution >= 4 is 23.9 Å². The van der Waals surface area contributed by atoms with Crippen LogP contribution in [0.1, 0.15) is 221 Å². The Morgan fingerprint density at radius 3 is 0.827 bits per heavy atom. The molecular weight excluding hydrogens is 656 g/mol. The predicted molar refractivity (Wildman–Crippen MR) is 212 cm³/mol. The first kappa shape index (κ1) is 49.9. The van der Waals surface area contributed by atoms with Gasteiger partial charge in [0.2, 0.25) is 0 Å². The molecule has 0 N–H and O–H groups in total. The summed E-state index contributed by atoms with van der Waals surface area (Å²) >= 11 is 0. The summed E-state index contributed by atoms with van der Waals surface area (Å²) in [7, 11) is 0. The molecule has 0 fully saturated rings. The van der Waals surface area contributed by atoms with Crippen molar-refractivity contribution in [3.8, 4) is 0 Å². The summed E-state index contributed by atoms with van der Waals surface area (Å²) in [5, 5.41) is 0. The number of unbranched alkanes of at least 4 members (excludes halogenated alkanes) is 24. The van der Waals surface area contributed by atoms with Gasteiger partial charge in [-0.25, -0.2) is 0 Å². The van der Waals surface area contributed by atoms with Crippen molar-refractivity contribution in [3.63, 3.8) is 0 Å². The first-order valence-electron chi connectivity index (χ1n) is 22.1. The van der Waals surface area contributed by atoms with Crippen LogP contribution in [0.3, 0.4) is 0 Å². The molecule has 0 aliphatic rings. The largest absolute Gasteiger partial charge is 0.465 e. The minimum atomic E-state index is -2.57. The number of hydrogen-bond acceptors (Lipinski definition) is 8. The number of ether oxygens (including phenoxy) is 4. The van der Waals surface area contributed by atoms with Crippen LogP contribution in [-0.2, 0) is 38.1 Å². The van der Waals surface area contributed by atoms with E-state index >= 15 is 0 Å². The Balaban J connectivity index is 5.97. The molecule has 0 heterocycles. The van der Waals surface area contributed by atoms with Gasteiger partial charge in [0, 0.05) is 0 Å². The van der Waals surface area contributed by atoms with E-state index < -0.39 is 35.2 Å². The topological polar surface area (TPSA) is 105 Å². The van der Waals surface area contributed by atoms with Gasteiger partial charge in [0.05, 0.1) is 32.3 Å². The van der Waals surface area contributed by atoms with Crippen LogP contribution in [0.15, 0.2) is 0 Å². The Morgan fingerprint density at radius 1 is 0.346 bits per heavy atom. The number of esters is 4. The van der Waals surface area contributed by atoms with Crippen molar-refractivity contribution in [1.29, 1.82) is 0 Å². The first-order chi connectivity index (χ1) is 25.4. The van der Waals surface area contributed by atoms with E-state index in [1.807, 2.05) is 0 Å². The molecule has 8 heteroatoms. The standard InChI is InChI=1S/C44H82O8/c1-6-11-15-19-23-27-31-35-49-40(45)39(10-5)44(41(46)50-36-32-28-24-20-16-12-7-2,42(47)51-37-33-29-25-21-17-13-8-3)43(48)52-38-34-30-26-22-18-14-9-4/h39H,6-38H2,1-5H3. The monoisotopic (exact) mass is 739 g/mol. The summed E-state index contributed by atoms with van der Waals surface area (Å²) in [5.74, 6) is -5.36. The Labute approximate surface area is 320 Å². The van der Waals surface area contributed by atoms with Gasteiger partial charge < -0.3 is 18.9 Å². The second-order valence-corrected chi connectivity index (χ2v) is 14.8. The maximum atomic E-state index is 14.2. The molecule has 0 aliphatic heterocycles. The summed E-state index contributed by atoms with van der Waals surface area (Å²) < 4.78 is 22.8. The average Bonchev–Trinajstić information content (AvgIpc) is 3.14. The van der Waals surface area contributed by atoms with Crippen LogP contribution in [0.25, 0.3) is 0 Å². The van der Waals surface area contributed by atoms with Gasteiger partial charge in [-0.15, -0.1) is 0 Å². The minimum Gasteiger partial charge on any atom is -0.465 e. The second kappa shape index (κ2) is 35.9. The van der Waals surface area contributed by atoms with Crippen LogP contribution in [-0.4, -0.2) is 50.3 Å². The summed E-state index contributed by atoms with van der Waals surface area (Å²) in [6, 6.07) is 0. The molecule has 52 heavy (non-hydrogen) atoms. The van der Waals surface area contributed by atoms with Crippen molar-refractivity contribution in [2.75, 3.05) is 26.4 Å². The smallest absolute Gasteiger partial charge is 0.336 e. The van der Waals surface area contributed by atoms with E-state index in [9.17, 15) is 19.2 Å². The van der Waals surface area contributed by atoms with Gasteiger partial charge >= 0.3 is 23.9 Å². The zero-order valence-electron chi connectivity index (χ0n) is 34.7. The summed E-state index contributed by atoms with van der Waals surface area (Å²) in [5.41, 5.74) is -2.57. The van der Waals surface area contributed by atoms with Crippen molar-refractivity contribution in [2.45, 2.75) is 221 Å². The number of carbonyl (C=O) groups is 4. The number of hydrogen-bond donors (Lipinski definition) is 0. The van der Waals surface area contributed by atoms with Crippen LogP contribution < -0.4 is 0 Å². The number of rotatable bonds is 38. The highest BCUT2D eigenvalue weighted by molar-refractivity contribution is 6.20. The summed E-state index contributed by atoms with van der Waals surface area (Å²) in [6.07, 6.45) is 28.9. The predicted octanol–water partition coefficient (Wildman–Crippen LogP) is 12.2. The molecular formula is C44H82O8. The van der Waals surface area contributed by atoms with Crippen LogP contribution >= 0.6 is 0 Å². The first-order valence-corrected chi connectivity index (χ1v) is 22.1. The summed E-state index contributed by atoms with van der Waals surface area (Å²) in [6.45, 7) is 10.7. The van der Waals surface area contributed by atoms with Gasteiger partial charge in [-0.3, -0.25) is 19.2 Å². The quantitative estimate of drug-likeness (QED) is 0.0267. The van der Waals surface area contributed by atoms with E-state index in [-0.39, 0.29) is 32.8 Å². The Kier molecular flexibility index (Phi) is 34.4. The molecule has 1 unspecified atom stereocenters. The molecule has 306 valence electrons. The zero-order chi connectivity index (χ0) is 38.5. The molecule has 0 amide bonds. The van der Waals surface area contributed by atoms with E-state index in [4.69, 9.17) is 18.9 Å². The van der Waals surface area contributed by atoms with Crippen LogP contribution in [0, 0.1) is 11.3 Å². The van der Waals surface area contributed by atoms with Gasteiger partial charge in [-0.1, -0.05) is 189 Å². The second-order valence-electron chi connectivity index (χ2n) is 14.8. The maximum Gasteiger partial charge on any atom is 0.336 e. The van der Waals surface area contributed by atoms with Crippen molar-refractivity contribution in [1.82, 2.24) is 0 Å². The highest BCUT2D eigenvalue weighted by Gasteiger charge is 2.65. The van der Waals surface area contributed by atoms with Crippen LogP contribution in [0.5, 0.6) is 0 Å². The molecule has 0 rings (SSSR count). The fourth-order valence-corrected chi connectivity index (χ4v) is 6.67. The van der Waals surface area contributed by atoms with Crippen LogP contribution in [0.2, 0.25) is 0 Å². The summed E-state index contributed by atoms with van der Waals surface area (Å²) in [4.78, 5) is 56.3. The third-order valence-electron chi connectivity index (χ3n) is 10.1. The zero-order valence-corrected chi connectivity index (χ0v) is 34.7. The van der Waals surface area contributed by atoms with Gasteiger partial charge in [0.1, 0.15) is 0 Å². The highest BCUT2D eigenvalue weighted by Crippen LogP contribution is 2.37. The fourth-order valence-electron chi connectivity index (χ4n) is 6.67. The molecule has 0 saturated heterocycles. The molecule has 0 radical (unpaired) electrons. The van der Waals surface area contributed by atoms with Gasteiger partial charge in [0.15, 0.2) is 0 Å². The van der Waals surface area contributed by atoms with Gasteiger partial charge in [0.25, 0.3) is 5.41 Å². The third-order valence-corrected chi connectivity index (χ3v) is 10.1. The SMILES string of the molecule is CCCCCCCCCOC(=O)C(CC)C(C(=O)OCCCCCCCCC)(C(=O)OCCCCCCCCC)C(=O)OCCCCCCCCC. The molecule has 0 bridgehead atoms. The van der Waals surface area contributed by atoms with Crippen molar-refractivity contribution in [3.05, 3.63) is 0 Å². The molecule has 0 aromatic heterocycles. The lowest BCUT2D eigenvalue weighted by Gasteiger charge is -2.32. The fraction of sp³-hybridized carbons (Fsp3) is 0.909. The Hall–Kier alpha value is -2.12. The van der Waals surface area contributed by atoms with E-state index in [2.05, 4.69) is 27.7 Å². The Morgan fingerprint density at radius 2 is 0.577 bits per heavy atom. The van der Waals surface area contributed by atoms with E-state index in [0.717, 1.165) is 77.0 Å². The highest BCUT2D eigenvalue weighted by atomic mass is 16.6. The number of carbonyl (C=O) groups excluding carboxylic acids is 4. The van der Waals surface area contributed by atoms with E-state index in [1.54, 1.807) is 6.92 Å². The van der Waals surface area contributed by atoms with Crippen molar-refractivity contribution in [2.24, 2.45) is 11.3 Å². The van der Waals surface area contributed by atoms with Crippen LogP contribution in [0.4, 0.5) is 0 Å². The molecule has 0 aliphatic carbocycles. The normalized spacial score (nSPS) is 12.0. The molecule has 0 spiro atoms. The third kappa shape index (κ3) is 22.8. The lowest BCUT2D eigenvalue weighted by Crippen LogP contribution is -2.57. The molecule has 1 atom stereocenters. The molecule has 8 nitrogen and oxygen atoms in total. The van der Waals surface area contributed by atoms with E-state index in [0.29, 0.717) is 25.7 Å². The van der Waals surface area contributed by atoms with Gasteiger partial charge in [-0.05, 0) is 32.1 Å². The van der Waals surface area contributed by atoms with Gasteiger partial charge in [-0.2, -0.15) is 0 Å². The lowest BCUT2D eigenvalue weighted by molar-refractivity contribution is -0.195. The average molecular weight is 739 g/mol. The molecule has 0 saturated carbocycles. The minimum absolute atomic E-state index is 0.0153. The molecule has 0 aromatic rings. The Bertz CT molecular complexity index is 793. The van der Waals surface area contributed by atoms with Crippen molar-refractivity contribution < 1.29 is 38.1 Å². The lowest BCUT2D eigenvalue weighted by atomic mass is 9.73. The molecule has 0 aromatic carbocycles.